The number of amides is 1. The molecule has 0 aliphatic rings. The maximum atomic E-state index is 13.6. The molecule has 1 heterocycles. The Labute approximate surface area is 133 Å². The molecule has 0 spiro atoms. The van der Waals surface area contributed by atoms with Crippen molar-refractivity contribution in [2.45, 2.75) is 4.90 Å². The zero-order valence-corrected chi connectivity index (χ0v) is 14.0. The molecule has 4 nitrogen and oxygen atoms in total. The lowest BCUT2D eigenvalue weighted by Crippen LogP contribution is -2.12. The Morgan fingerprint density at radius 1 is 1.35 bits per heavy atom. The molecular weight excluding hydrogens is 416 g/mol. The van der Waals surface area contributed by atoms with E-state index in [1.165, 1.54) is 11.3 Å². The van der Waals surface area contributed by atoms with Crippen LogP contribution in [-0.2, 0) is 9.84 Å². The lowest BCUT2D eigenvalue weighted by atomic mass is 10.2. The highest BCUT2D eigenvalue weighted by Gasteiger charge is 2.14. The Balaban J connectivity index is 2.31. The first-order valence-corrected chi connectivity index (χ1v) is 9.17. The van der Waals surface area contributed by atoms with E-state index in [1.54, 1.807) is 11.4 Å². The lowest BCUT2D eigenvalue weighted by Gasteiger charge is -2.07. The minimum Gasteiger partial charge on any atom is -0.319 e. The molecule has 0 aliphatic carbocycles. The Kier molecular flexibility index (Phi) is 4.45. The van der Waals surface area contributed by atoms with Gasteiger partial charge in [0.2, 0.25) is 0 Å². The summed E-state index contributed by atoms with van der Waals surface area (Å²) in [5, 5.41) is 4.03. The molecule has 20 heavy (non-hydrogen) atoms. The van der Waals surface area contributed by atoms with Crippen LogP contribution in [0.2, 0.25) is 0 Å². The van der Waals surface area contributed by atoms with E-state index in [0.29, 0.717) is 5.56 Å². The van der Waals surface area contributed by atoms with Crippen molar-refractivity contribution < 1.29 is 17.6 Å². The molecule has 0 saturated heterocycles. The summed E-state index contributed by atoms with van der Waals surface area (Å²) in [6.07, 6.45) is 1.02. The number of anilines is 1. The number of carbonyl (C=O) groups is 1. The van der Waals surface area contributed by atoms with Gasteiger partial charge in [-0.15, -0.1) is 11.3 Å². The molecule has 8 heteroatoms. The molecule has 1 amide bonds. The van der Waals surface area contributed by atoms with Crippen molar-refractivity contribution in [3.05, 3.63) is 43.9 Å². The van der Waals surface area contributed by atoms with Gasteiger partial charge in [-0.1, -0.05) is 0 Å². The summed E-state index contributed by atoms with van der Waals surface area (Å²) in [5.74, 6) is -1.16. The van der Waals surface area contributed by atoms with Crippen molar-refractivity contribution in [2.24, 2.45) is 0 Å². The van der Waals surface area contributed by atoms with Gasteiger partial charge in [-0.25, -0.2) is 12.8 Å². The highest BCUT2D eigenvalue weighted by atomic mass is 127. The predicted molar refractivity (Wildman–Crippen MR) is 84.5 cm³/mol. The normalized spacial score (nSPS) is 11.3. The van der Waals surface area contributed by atoms with Crippen LogP contribution in [0, 0.1) is 8.70 Å². The Morgan fingerprint density at radius 2 is 2.05 bits per heavy atom. The highest BCUT2D eigenvalue weighted by Crippen LogP contribution is 2.22. The number of hydrogen-bond acceptors (Lipinski definition) is 4. The summed E-state index contributed by atoms with van der Waals surface area (Å²) >= 11 is 3.46. The molecule has 0 bridgehead atoms. The minimum absolute atomic E-state index is 0.0471. The van der Waals surface area contributed by atoms with E-state index < -0.39 is 21.6 Å². The third-order valence-corrected chi connectivity index (χ3v) is 5.34. The van der Waals surface area contributed by atoms with E-state index in [-0.39, 0.29) is 10.6 Å². The maximum Gasteiger partial charge on any atom is 0.256 e. The molecule has 0 fully saturated rings. The van der Waals surface area contributed by atoms with Crippen LogP contribution >= 0.6 is 33.9 Å². The molecule has 2 rings (SSSR count). The Morgan fingerprint density at radius 3 is 2.60 bits per heavy atom. The molecule has 0 unspecified atom stereocenters. The maximum absolute atomic E-state index is 13.6. The van der Waals surface area contributed by atoms with Crippen LogP contribution < -0.4 is 5.32 Å². The Bertz CT molecular complexity index is 771. The van der Waals surface area contributed by atoms with Crippen molar-refractivity contribution in [3.63, 3.8) is 0 Å². The van der Waals surface area contributed by atoms with E-state index >= 15 is 0 Å². The van der Waals surface area contributed by atoms with E-state index in [4.69, 9.17) is 0 Å². The van der Waals surface area contributed by atoms with Gasteiger partial charge in [0, 0.05) is 11.6 Å². The van der Waals surface area contributed by atoms with Crippen LogP contribution in [0.4, 0.5) is 10.1 Å². The first-order valence-electron chi connectivity index (χ1n) is 5.32. The van der Waals surface area contributed by atoms with Crippen LogP contribution in [0.1, 0.15) is 10.4 Å². The van der Waals surface area contributed by atoms with Crippen molar-refractivity contribution in [3.8, 4) is 0 Å². The average molecular weight is 425 g/mol. The number of hydrogen-bond donors (Lipinski definition) is 1. The fourth-order valence-corrected chi connectivity index (χ4v) is 3.43. The van der Waals surface area contributed by atoms with Crippen molar-refractivity contribution in [1.82, 2.24) is 0 Å². The number of nitrogens with one attached hydrogen (secondary N) is 1. The molecule has 1 N–H and O–H groups in total. The summed E-state index contributed by atoms with van der Waals surface area (Å²) < 4.78 is 37.4. The van der Waals surface area contributed by atoms with Crippen LogP contribution in [0.15, 0.2) is 34.5 Å². The third-order valence-electron chi connectivity index (χ3n) is 2.44. The summed E-state index contributed by atoms with van der Waals surface area (Å²) in [4.78, 5) is 11.9. The van der Waals surface area contributed by atoms with Crippen molar-refractivity contribution in [1.29, 1.82) is 0 Å². The van der Waals surface area contributed by atoms with Gasteiger partial charge in [-0.05, 0) is 46.9 Å². The topological polar surface area (TPSA) is 63.2 Å². The van der Waals surface area contributed by atoms with Crippen LogP contribution in [0.5, 0.6) is 0 Å². The number of sulfone groups is 1. The second kappa shape index (κ2) is 5.78. The molecular formula is C12H9FINO3S2. The van der Waals surface area contributed by atoms with Gasteiger partial charge in [0.05, 0.1) is 19.0 Å². The standard InChI is InChI=1S/C12H9FINO3S2/c1-20(17,18)8-2-3-9(13)10(5-8)15-12(16)7-4-11(14)19-6-7/h2-6H,1H3,(H,15,16). The Hall–Kier alpha value is -1.00. The SMILES string of the molecule is CS(=O)(=O)c1ccc(F)c(NC(=O)c2csc(I)c2)c1. The highest BCUT2D eigenvalue weighted by molar-refractivity contribution is 14.1. The van der Waals surface area contributed by atoms with E-state index in [2.05, 4.69) is 27.9 Å². The number of rotatable bonds is 3. The summed E-state index contributed by atoms with van der Waals surface area (Å²) in [7, 11) is -3.46. The zero-order valence-electron chi connectivity index (χ0n) is 10.2. The van der Waals surface area contributed by atoms with Crippen molar-refractivity contribution in [2.75, 3.05) is 11.6 Å². The van der Waals surface area contributed by atoms with Gasteiger partial charge < -0.3 is 5.32 Å². The third kappa shape index (κ3) is 3.55. The number of halogens is 2. The smallest absolute Gasteiger partial charge is 0.256 e. The average Bonchev–Trinajstić information content (AvgIpc) is 2.77. The molecule has 0 atom stereocenters. The van der Waals surface area contributed by atoms with Gasteiger partial charge in [0.15, 0.2) is 9.84 Å². The predicted octanol–water partition coefficient (Wildman–Crippen LogP) is 3.15. The van der Waals surface area contributed by atoms with Crippen LogP contribution in [0.25, 0.3) is 0 Å². The van der Waals surface area contributed by atoms with Gasteiger partial charge in [0.25, 0.3) is 5.91 Å². The van der Waals surface area contributed by atoms with E-state index in [9.17, 15) is 17.6 Å². The van der Waals surface area contributed by atoms with Crippen molar-refractivity contribution >= 4 is 55.4 Å². The molecule has 0 radical (unpaired) electrons. The molecule has 106 valence electrons. The lowest BCUT2D eigenvalue weighted by molar-refractivity contribution is 0.102. The van der Waals surface area contributed by atoms with Crippen LogP contribution in [0.3, 0.4) is 0 Å². The minimum atomic E-state index is -3.46. The number of carbonyl (C=O) groups excluding carboxylic acids is 1. The van der Waals surface area contributed by atoms with E-state index in [0.717, 1.165) is 27.3 Å². The quantitative estimate of drug-likeness (QED) is 0.607. The first kappa shape index (κ1) is 15.4. The number of thiophene rings is 1. The second-order valence-corrected chi connectivity index (χ2v) is 8.83. The molecule has 0 aliphatic heterocycles. The molecule has 1 aromatic heterocycles. The molecule has 2 aromatic rings. The largest absolute Gasteiger partial charge is 0.319 e. The fraction of sp³-hybridized carbons (Fsp3) is 0.0833. The summed E-state index contributed by atoms with van der Waals surface area (Å²) in [6.45, 7) is 0. The zero-order chi connectivity index (χ0) is 14.9. The van der Waals surface area contributed by atoms with Gasteiger partial charge in [0.1, 0.15) is 5.82 Å². The summed E-state index contributed by atoms with van der Waals surface area (Å²) in [6, 6.07) is 4.95. The fourth-order valence-electron chi connectivity index (χ4n) is 1.45. The molecule has 0 saturated carbocycles. The molecule has 1 aromatic carbocycles. The van der Waals surface area contributed by atoms with Crippen LogP contribution in [-0.4, -0.2) is 20.6 Å². The van der Waals surface area contributed by atoms with E-state index in [1.807, 2.05) is 0 Å². The van der Waals surface area contributed by atoms with Gasteiger partial charge in [-0.3, -0.25) is 4.79 Å². The monoisotopic (exact) mass is 425 g/mol. The second-order valence-electron chi connectivity index (χ2n) is 4.01. The first-order chi connectivity index (χ1) is 9.27. The number of benzene rings is 1. The van der Waals surface area contributed by atoms with Gasteiger partial charge >= 0.3 is 0 Å². The van der Waals surface area contributed by atoms with Gasteiger partial charge in [-0.2, -0.15) is 0 Å². The summed E-state index contributed by atoms with van der Waals surface area (Å²) in [5.41, 5.74) is 0.252.